The van der Waals surface area contributed by atoms with Gasteiger partial charge in [0.2, 0.25) is 41.4 Å². The van der Waals surface area contributed by atoms with Crippen LogP contribution in [0.25, 0.3) is 0 Å². The van der Waals surface area contributed by atoms with Gasteiger partial charge in [-0.05, 0) is 68.2 Å². The zero-order valence-corrected chi connectivity index (χ0v) is 41.3. The fourth-order valence-electron chi connectivity index (χ4n) is 8.33. The standard InChI is InChI=1S/C48H68N10O14/c1-7-12-36(60)52-31(24-38(62)63)42(65)56-40-26(4)72-47(70)39(25(2)3)55-43(66)32(22-28-16-18-35(71-6)34(59)23-28)57(5)46(69)33(21-27-13-9-8-10-14-27)58-37(61)19-17-30(45(58)68)54-41(64)29(53-44(40)67)15-11-20-51-48(49)50/h8-10,13-14,16,18,23,25-26,29-33,37,39-40,59,61H,7,11-12,15,17,19-22,24H2,1-6H3,(H,52,60)(H,53,67)(H,54,64)(H,55,66)(H,56,65)(H,62,63)(H4,49,50,51). The van der Waals surface area contributed by atoms with Gasteiger partial charge in [-0.1, -0.05) is 57.2 Å². The molecule has 4 rings (SSSR count). The Bertz CT molecular complexity index is 2310. The second-order valence-electron chi connectivity index (χ2n) is 18.1. The first-order valence-corrected chi connectivity index (χ1v) is 23.7. The highest BCUT2D eigenvalue weighted by atomic mass is 16.5. The maximum atomic E-state index is 15.1. The Morgan fingerprint density at radius 2 is 1.60 bits per heavy atom. The van der Waals surface area contributed by atoms with Crippen molar-refractivity contribution >= 4 is 59.2 Å². The van der Waals surface area contributed by atoms with Crippen molar-refractivity contribution in [2.45, 2.75) is 140 Å². The number of carbonyl (C=O) groups is 9. The first kappa shape index (κ1) is 57.1. The van der Waals surface area contributed by atoms with Crippen molar-refractivity contribution in [3.63, 3.8) is 0 Å². The number of piperidine rings is 1. The van der Waals surface area contributed by atoms with E-state index in [0.717, 1.165) is 9.80 Å². The molecule has 12 N–H and O–H groups in total. The molecule has 9 atom stereocenters. The number of aliphatic carboxylic acids is 1. The summed E-state index contributed by atoms with van der Waals surface area (Å²) < 4.78 is 11.0. The van der Waals surface area contributed by atoms with Gasteiger partial charge in [-0.25, -0.2) is 4.79 Å². The number of cyclic esters (lactones) is 1. The Balaban J connectivity index is 1.91. The number of esters is 1. The van der Waals surface area contributed by atoms with E-state index >= 15 is 4.79 Å². The Morgan fingerprint density at radius 3 is 2.21 bits per heavy atom. The van der Waals surface area contributed by atoms with Gasteiger partial charge in [-0.2, -0.15) is 0 Å². The number of ether oxygens (including phenoxy) is 2. The van der Waals surface area contributed by atoms with Crippen molar-refractivity contribution in [2.24, 2.45) is 22.4 Å². The molecule has 2 saturated heterocycles. The molecule has 0 spiro atoms. The van der Waals surface area contributed by atoms with Crippen molar-refractivity contribution in [2.75, 3.05) is 20.7 Å². The Hall–Kier alpha value is -7.50. The number of hydrogen-bond donors (Lipinski definition) is 10. The number of phenols is 1. The average Bonchev–Trinajstić information content (AvgIpc) is 3.32. The molecule has 2 aliphatic rings. The number of amides is 7. The second kappa shape index (κ2) is 26.6. The number of aromatic hydroxyl groups is 1. The third-order valence-electron chi connectivity index (χ3n) is 12.2. The number of rotatable bonds is 17. The van der Waals surface area contributed by atoms with Gasteiger partial charge in [0.25, 0.3) is 0 Å². The number of carboxylic acid groups (broad SMARTS) is 1. The molecule has 72 heavy (non-hydrogen) atoms. The van der Waals surface area contributed by atoms with Gasteiger partial charge in [0.05, 0.1) is 13.5 Å². The number of nitrogens with one attached hydrogen (secondary N) is 5. The van der Waals surface area contributed by atoms with E-state index in [2.05, 4.69) is 31.6 Å². The number of phenolic OH excluding ortho intramolecular Hbond substituents is 1. The number of guanidine groups is 1. The second-order valence-corrected chi connectivity index (χ2v) is 18.1. The van der Waals surface area contributed by atoms with Gasteiger partial charge < -0.3 is 72.6 Å². The van der Waals surface area contributed by atoms with Crippen LogP contribution < -0.4 is 42.8 Å². The predicted molar refractivity (Wildman–Crippen MR) is 258 cm³/mol. The lowest BCUT2D eigenvalue weighted by Crippen LogP contribution is -2.65. The fraction of sp³-hybridized carbons (Fsp3) is 0.542. The summed E-state index contributed by atoms with van der Waals surface area (Å²) >= 11 is 0. The Morgan fingerprint density at radius 1 is 0.917 bits per heavy atom. The number of nitrogens with two attached hydrogens (primary N) is 2. The number of aliphatic hydroxyl groups excluding tert-OH is 1. The smallest absolute Gasteiger partial charge is 0.329 e. The molecular formula is C48H68N10O14. The summed E-state index contributed by atoms with van der Waals surface area (Å²) in [5.41, 5.74) is 11.9. The number of benzene rings is 2. The molecule has 2 aromatic rings. The fourth-order valence-corrected chi connectivity index (χ4v) is 8.33. The number of methoxy groups -OCH3 is 1. The molecule has 2 heterocycles. The van der Waals surface area contributed by atoms with Crippen LogP contribution in [0, 0.1) is 5.92 Å². The molecule has 24 heteroatoms. The summed E-state index contributed by atoms with van der Waals surface area (Å²) in [5, 5.41) is 44.5. The number of hydrogen-bond acceptors (Lipinski definition) is 14. The van der Waals surface area contributed by atoms with Gasteiger partial charge in [0, 0.05) is 32.9 Å². The topological polar surface area (TPSA) is 364 Å². The molecule has 0 aliphatic carbocycles. The minimum absolute atomic E-state index is 0.0213. The third kappa shape index (κ3) is 15.8. The number of fused-ring (bicyclic) bond motifs is 2. The minimum atomic E-state index is -1.90. The lowest BCUT2D eigenvalue weighted by molar-refractivity contribution is -0.165. The summed E-state index contributed by atoms with van der Waals surface area (Å²) in [6, 6.07) is 1.86. The maximum Gasteiger partial charge on any atom is 0.329 e. The molecule has 2 fully saturated rings. The first-order valence-electron chi connectivity index (χ1n) is 23.7. The molecule has 0 aromatic heterocycles. The van der Waals surface area contributed by atoms with Crippen LogP contribution in [0.1, 0.15) is 83.8 Å². The van der Waals surface area contributed by atoms with Crippen molar-refractivity contribution in [3.8, 4) is 11.5 Å². The van der Waals surface area contributed by atoms with Crippen molar-refractivity contribution < 1.29 is 67.9 Å². The van der Waals surface area contributed by atoms with Crippen LogP contribution in [0.3, 0.4) is 0 Å². The van der Waals surface area contributed by atoms with E-state index in [0.29, 0.717) is 17.5 Å². The van der Waals surface area contributed by atoms with E-state index in [9.17, 15) is 53.7 Å². The average molecular weight is 1010 g/mol. The van der Waals surface area contributed by atoms with E-state index in [4.69, 9.17) is 20.9 Å². The SMILES string of the molecule is CCCC(=O)NC(CC(=O)O)C(=O)NC1C(=O)NC(CCCN=C(N)N)C(=O)NC2CCC(O)N(C2=O)C(Cc2ccccc2)C(=O)N(C)C(Cc2ccc(OC)c(O)c2)C(=O)NC(C(C)C)C(=O)OC1C. The maximum absolute atomic E-state index is 15.1. The zero-order valence-electron chi connectivity index (χ0n) is 41.3. The lowest BCUT2D eigenvalue weighted by atomic mass is 9.95. The molecule has 9 unspecified atom stereocenters. The minimum Gasteiger partial charge on any atom is -0.504 e. The summed E-state index contributed by atoms with van der Waals surface area (Å²) in [6.07, 6.45) is -4.65. The van der Waals surface area contributed by atoms with Crippen molar-refractivity contribution in [1.82, 2.24) is 36.4 Å². The summed E-state index contributed by atoms with van der Waals surface area (Å²) in [5.74, 6) is -10.2. The van der Waals surface area contributed by atoms with E-state index in [1.54, 1.807) is 57.2 Å². The van der Waals surface area contributed by atoms with E-state index in [1.165, 1.54) is 33.2 Å². The summed E-state index contributed by atoms with van der Waals surface area (Å²) in [6.45, 7) is 6.02. The van der Waals surface area contributed by atoms with E-state index in [1.807, 2.05) is 0 Å². The van der Waals surface area contributed by atoms with Gasteiger partial charge >= 0.3 is 11.9 Å². The van der Waals surface area contributed by atoms with Crippen LogP contribution in [0.15, 0.2) is 53.5 Å². The number of carboxylic acids is 1. The molecule has 0 radical (unpaired) electrons. The van der Waals surface area contributed by atoms with Crippen LogP contribution in [0.4, 0.5) is 0 Å². The molecule has 394 valence electrons. The predicted octanol–water partition coefficient (Wildman–Crippen LogP) is -1.32. The molecule has 0 saturated carbocycles. The van der Waals surface area contributed by atoms with Crippen LogP contribution >= 0.6 is 0 Å². The van der Waals surface area contributed by atoms with Crippen LogP contribution in [0.2, 0.25) is 0 Å². The lowest BCUT2D eigenvalue weighted by Gasteiger charge is -2.43. The van der Waals surface area contributed by atoms with E-state index in [-0.39, 0.29) is 68.9 Å². The first-order chi connectivity index (χ1) is 34.1. The molecule has 2 aromatic carbocycles. The monoisotopic (exact) mass is 1010 g/mol. The highest BCUT2D eigenvalue weighted by Crippen LogP contribution is 2.29. The van der Waals surface area contributed by atoms with Crippen LogP contribution in [-0.4, -0.2) is 160 Å². The number of aliphatic hydroxyl groups is 1. The summed E-state index contributed by atoms with van der Waals surface area (Å²) in [4.78, 5) is 132. The third-order valence-corrected chi connectivity index (χ3v) is 12.2. The normalized spacial score (nSPS) is 24.0. The van der Waals surface area contributed by atoms with Crippen molar-refractivity contribution in [1.29, 1.82) is 0 Å². The van der Waals surface area contributed by atoms with Gasteiger partial charge in [-0.3, -0.25) is 43.3 Å². The molecule has 2 bridgehead atoms. The largest absolute Gasteiger partial charge is 0.504 e. The van der Waals surface area contributed by atoms with Gasteiger partial charge in [-0.15, -0.1) is 0 Å². The molecule has 24 nitrogen and oxygen atoms in total. The van der Waals surface area contributed by atoms with Crippen LogP contribution in [-0.2, 0) is 60.7 Å². The molecule has 7 amide bonds. The van der Waals surface area contributed by atoms with E-state index < -0.39 is 120 Å². The highest BCUT2D eigenvalue weighted by Gasteiger charge is 2.46. The Kier molecular flexibility index (Phi) is 21.1. The van der Waals surface area contributed by atoms with Crippen LogP contribution in [0.5, 0.6) is 11.5 Å². The Labute approximate surface area is 417 Å². The molecular weight excluding hydrogens is 941 g/mol. The van der Waals surface area contributed by atoms with Gasteiger partial charge in [0.15, 0.2) is 17.5 Å². The van der Waals surface area contributed by atoms with Crippen molar-refractivity contribution in [3.05, 3.63) is 59.7 Å². The number of likely N-dealkylation sites (N-methyl/N-ethyl adjacent to an activating group) is 1. The molecule has 2 aliphatic heterocycles. The quantitative estimate of drug-likeness (QED) is 0.0380. The number of aliphatic imine (C=N–C) groups is 1. The highest BCUT2D eigenvalue weighted by molar-refractivity contribution is 5.99. The number of carbonyl (C=O) groups excluding carboxylic acids is 8. The summed E-state index contributed by atoms with van der Waals surface area (Å²) in [7, 11) is 2.65. The zero-order chi connectivity index (χ0) is 53.4. The number of nitrogens with zero attached hydrogens (tertiary/aromatic N) is 3. The van der Waals surface area contributed by atoms with Gasteiger partial charge in [0.1, 0.15) is 54.6 Å².